The highest BCUT2D eigenvalue weighted by molar-refractivity contribution is 7.10. The van der Waals surface area contributed by atoms with Crippen molar-refractivity contribution in [3.05, 3.63) is 21.9 Å². The van der Waals surface area contributed by atoms with Crippen LogP contribution < -0.4 is 5.73 Å². The van der Waals surface area contributed by atoms with Crippen LogP contribution in [0.3, 0.4) is 0 Å². The van der Waals surface area contributed by atoms with Crippen molar-refractivity contribution in [3.8, 4) is 0 Å². The second kappa shape index (κ2) is 6.53. The summed E-state index contributed by atoms with van der Waals surface area (Å²) in [6.45, 7) is 10.7. The fourth-order valence-electron chi connectivity index (χ4n) is 1.64. The van der Waals surface area contributed by atoms with Crippen molar-refractivity contribution in [2.75, 3.05) is 0 Å². The summed E-state index contributed by atoms with van der Waals surface area (Å²) < 4.78 is 6.18. The molecule has 0 saturated heterocycles. The van der Waals surface area contributed by atoms with E-state index in [4.69, 9.17) is 10.5 Å². The molecule has 0 aliphatic carbocycles. The molecule has 17 heavy (non-hydrogen) atoms. The third-order valence-electron chi connectivity index (χ3n) is 3.32. The van der Waals surface area contributed by atoms with Gasteiger partial charge in [0.15, 0.2) is 0 Å². The Kier molecular flexibility index (Phi) is 5.63. The molecule has 1 heterocycles. The number of aryl methyl sites for hydroxylation is 1. The van der Waals surface area contributed by atoms with Gasteiger partial charge in [0.2, 0.25) is 0 Å². The lowest BCUT2D eigenvalue weighted by Crippen LogP contribution is -2.33. The van der Waals surface area contributed by atoms with Gasteiger partial charge in [0, 0.05) is 10.9 Å². The average Bonchev–Trinajstić information content (AvgIpc) is 2.70. The zero-order valence-corrected chi connectivity index (χ0v) is 12.4. The van der Waals surface area contributed by atoms with Crippen LogP contribution in [-0.2, 0) is 4.74 Å². The Morgan fingerprint density at radius 1 is 1.35 bits per heavy atom. The first-order chi connectivity index (χ1) is 7.97. The maximum atomic E-state index is 6.21. The van der Waals surface area contributed by atoms with Gasteiger partial charge in [-0.2, -0.15) is 0 Å². The molecule has 0 radical (unpaired) electrons. The van der Waals surface area contributed by atoms with Crippen LogP contribution in [0.2, 0.25) is 0 Å². The SMILES string of the molecule is CCC(N)C(OC(C)C(C)C)c1sccc1C. The van der Waals surface area contributed by atoms with Crippen molar-refractivity contribution in [3.63, 3.8) is 0 Å². The van der Waals surface area contributed by atoms with E-state index < -0.39 is 0 Å². The first-order valence-corrected chi connectivity index (χ1v) is 7.30. The number of hydrogen-bond acceptors (Lipinski definition) is 3. The molecular formula is C14H25NOS. The van der Waals surface area contributed by atoms with Gasteiger partial charge in [0.1, 0.15) is 6.10 Å². The molecule has 0 spiro atoms. The van der Waals surface area contributed by atoms with Crippen LogP contribution in [0.4, 0.5) is 0 Å². The molecule has 0 saturated carbocycles. The van der Waals surface area contributed by atoms with Crippen LogP contribution in [0.5, 0.6) is 0 Å². The van der Waals surface area contributed by atoms with Gasteiger partial charge in [-0.05, 0) is 43.2 Å². The number of hydrogen-bond donors (Lipinski definition) is 1. The van der Waals surface area contributed by atoms with Gasteiger partial charge in [0.25, 0.3) is 0 Å². The normalized spacial score (nSPS) is 17.1. The predicted molar refractivity (Wildman–Crippen MR) is 75.4 cm³/mol. The summed E-state index contributed by atoms with van der Waals surface area (Å²) in [7, 11) is 0. The van der Waals surface area contributed by atoms with E-state index in [0.29, 0.717) is 5.92 Å². The number of nitrogens with two attached hydrogens (primary N) is 1. The third kappa shape index (κ3) is 3.80. The Labute approximate surface area is 109 Å². The highest BCUT2D eigenvalue weighted by atomic mass is 32.1. The van der Waals surface area contributed by atoms with Gasteiger partial charge < -0.3 is 10.5 Å². The Morgan fingerprint density at radius 2 is 2.00 bits per heavy atom. The lowest BCUT2D eigenvalue weighted by atomic mass is 10.0. The largest absolute Gasteiger partial charge is 0.368 e. The fraction of sp³-hybridized carbons (Fsp3) is 0.714. The number of ether oxygens (including phenoxy) is 1. The van der Waals surface area contributed by atoms with Crippen LogP contribution in [0.1, 0.15) is 50.7 Å². The van der Waals surface area contributed by atoms with Crippen molar-refractivity contribution in [2.45, 2.75) is 59.3 Å². The van der Waals surface area contributed by atoms with E-state index in [2.05, 4.69) is 46.1 Å². The molecule has 1 aromatic rings. The van der Waals surface area contributed by atoms with Crippen molar-refractivity contribution in [1.29, 1.82) is 0 Å². The van der Waals surface area contributed by atoms with Crippen LogP contribution in [0.25, 0.3) is 0 Å². The van der Waals surface area contributed by atoms with Gasteiger partial charge in [-0.3, -0.25) is 0 Å². The number of rotatable bonds is 6. The Morgan fingerprint density at radius 3 is 2.41 bits per heavy atom. The van der Waals surface area contributed by atoms with Gasteiger partial charge in [-0.1, -0.05) is 20.8 Å². The summed E-state index contributed by atoms with van der Waals surface area (Å²) in [5, 5.41) is 2.11. The second-order valence-corrected chi connectivity index (χ2v) is 5.99. The van der Waals surface area contributed by atoms with Crippen molar-refractivity contribution in [1.82, 2.24) is 0 Å². The molecule has 2 nitrogen and oxygen atoms in total. The molecular weight excluding hydrogens is 230 g/mol. The molecule has 3 unspecified atom stereocenters. The zero-order valence-electron chi connectivity index (χ0n) is 11.6. The minimum Gasteiger partial charge on any atom is -0.368 e. The fourth-order valence-corrected chi connectivity index (χ4v) is 2.67. The molecule has 98 valence electrons. The minimum absolute atomic E-state index is 0.0393. The molecule has 0 fully saturated rings. The number of thiophene rings is 1. The van der Waals surface area contributed by atoms with E-state index in [9.17, 15) is 0 Å². The molecule has 1 aromatic heterocycles. The minimum atomic E-state index is 0.0393. The lowest BCUT2D eigenvalue weighted by molar-refractivity contribution is -0.0380. The predicted octanol–water partition coefficient (Wildman–Crippen LogP) is 3.90. The van der Waals surface area contributed by atoms with E-state index in [-0.39, 0.29) is 18.2 Å². The highest BCUT2D eigenvalue weighted by Crippen LogP contribution is 2.31. The molecule has 3 heteroatoms. The van der Waals surface area contributed by atoms with E-state index in [1.54, 1.807) is 11.3 Å². The molecule has 3 atom stereocenters. The Bertz CT molecular complexity index is 335. The summed E-state index contributed by atoms with van der Waals surface area (Å²) in [5.74, 6) is 0.516. The maximum absolute atomic E-state index is 6.21. The van der Waals surface area contributed by atoms with Crippen LogP contribution in [0.15, 0.2) is 11.4 Å². The van der Waals surface area contributed by atoms with Crippen molar-refractivity contribution < 1.29 is 4.74 Å². The quantitative estimate of drug-likeness (QED) is 0.837. The van der Waals surface area contributed by atoms with Gasteiger partial charge >= 0.3 is 0 Å². The molecule has 0 aliphatic rings. The maximum Gasteiger partial charge on any atom is 0.107 e. The summed E-state index contributed by atoms with van der Waals surface area (Å²) in [6, 6.07) is 2.22. The van der Waals surface area contributed by atoms with E-state index in [0.717, 1.165) is 6.42 Å². The van der Waals surface area contributed by atoms with E-state index in [1.807, 2.05) is 0 Å². The van der Waals surface area contributed by atoms with E-state index >= 15 is 0 Å². The summed E-state index contributed by atoms with van der Waals surface area (Å²) in [5.41, 5.74) is 7.50. The smallest absolute Gasteiger partial charge is 0.107 e. The summed E-state index contributed by atoms with van der Waals surface area (Å²) in [4.78, 5) is 1.28. The summed E-state index contributed by atoms with van der Waals surface area (Å²) in [6.07, 6.45) is 1.21. The standard InChI is InChI=1S/C14H25NOS/c1-6-12(15)13(16-11(5)9(2)3)14-10(4)7-8-17-14/h7-9,11-13H,6,15H2,1-5H3. The molecule has 1 rings (SSSR count). The second-order valence-electron chi connectivity index (χ2n) is 5.05. The van der Waals surface area contributed by atoms with Gasteiger partial charge in [-0.25, -0.2) is 0 Å². The first kappa shape index (κ1) is 14.7. The van der Waals surface area contributed by atoms with Crippen LogP contribution >= 0.6 is 11.3 Å². The van der Waals surface area contributed by atoms with Gasteiger partial charge in [-0.15, -0.1) is 11.3 Å². The highest BCUT2D eigenvalue weighted by Gasteiger charge is 2.25. The first-order valence-electron chi connectivity index (χ1n) is 6.42. The van der Waals surface area contributed by atoms with Crippen LogP contribution in [0, 0.1) is 12.8 Å². The van der Waals surface area contributed by atoms with Crippen molar-refractivity contribution >= 4 is 11.3 Å². The van der Waals surface area contributed by atoms with Crippen LogP contribution in [-0.4, -0.2) is 12.1 Å². The molecule has 0 aliphatic heterocycles. The Balaban J connectivity index is 2.85. The Hall–Kier alpha value is -0.380. The summed E-state index contributed by atoms with van der Waals surface area (Å²) >= 11 is 1.75. The average molecular weight is 255 g/mol. The molecule has 0 aromatic carbocycles. The lowest BCUT2D eigenvalue weighted by Gasteiger charge is -2.28. The topological polar surface area (TPSA) is 35.2 Å². The van der Waals surface area contributed by atoms with E-state index in [1.165, 1.54) is 10.4 Å². The molecule has 0 amide bonds. The van der Waals surface area contributed by atoms with Crippen molar-refractivity contribution in [2.24, 2.45) is 11.7 Å². The zero-order chi connectivity index (χ0) is 13.0. The monoisotopic (exact) mass is 255 g/mol. The van der Waals surface area contributed by atoms with Gasteiger partial charge in [0.05, 0.1) is 6.10 Å². The third-order valence-corrected chi connectivity index (χ3v) is 4.40. The molecule has 0 bridgehead atoms. The molecule has 2 N–H and O–H groups in total.